The Hall–Kier alpha value is -1.11. The summed E-state index contributed by atoms with van der Waals surface area (Å²) in [6.07, 6.45) is 1.83. The smallest absolute Gasteiger partial charge is 0.240 e. The molecule has 1 aliphatic rings. The van der Waals surface area contributed by atoms with Crippen LogP contribution < -0.4 is 16.4 Å². The van der Waals surface area contributed by atoms with Gasteiger partial charge in [0.1, 0.15) is 0 Å². The summed E-state index contributed by atoms with van der Waals surface area (Å²) in [6.45, 7) is -0.143. The van der Waals surface area contributed by atoms with Crippen LogP contribution in [0.4, 0.5) is 0 Å². The Kier molecular flexibility index (Phi) is 5.98. The van der Waals surface area contributed by atoms with Gasteiger partial charge in [-0.2, -0.15) is 0 Å². The number of carbonyl (C=O) groups excluding carboxylic acids is 2. The molecule has 0 aliphatic heterocycles. The van der Waals surface area contributed by atoms with Crippen LogP contribution in [0.1, 0.15) is 18.4 Å². The number of benzene rings is 1. The van der Waals surface area contributed by atoms with E-state index in [9.17, 15) is 9.59 Å². The van der Waals surface area contributed by atoms with Crippen molar-refractivity contribution >= 4 is 40.2 Å². The fourth-order valence-corrected chi connectivity index (χ4v) is 2.36. The SMILES string of the molecule is Cl.NCC(=O)NCC(=O)NC1(c2cccc(Br)c2)CC1. The quantitative estimate of drug-likeness (QED) is 0.732. The molecule has 0 spiro atoms. The molecule has 0 unspecified atom stereocenters. The van der Waals surface area contributed by atoms with E-state index in [0.29, 0.717) is 0 Å². The Balaban J connectivity index is 0.00000200. The highest BCUT2D eigenvalue weighted by molar-refractivity contribution is 9.10. The standard InChI is InChI=1S/C13H16BrN3O2.ClH/c14-10-3-1-2-9(6-10)13(4-5-13)17-12(19)8-16-11(18)7-15;/h1-3,6H,4-5,7-8,15H2,(H,16,18)(H,17,19);1H. The molecule has 20 heavy (non-hydrogen) atoms. The van der Waals surface area contributed by atoms with Gasteiger partial charge in [0.05, 0.1) is 18.6 Å². The van der Waals surface area contributed by atoms with Gasteiger partial charge in [-0.05, 0) is 30.5 Å². The van der Waals surface area contributed by atoms with Crippen LogP contribution in [0.25, 0.3) is 0 Å². The van der Waals surface area contributed by atoms with E-state index in [1.807, 2.05) is 24.3 Å². The maximum atomic E-state index is 11.8. The zero-order chi connectivity index (χ0) is 13.9. The first-order valence-electron chi connectivity index (χ1n) is 6.09. The molecule has 5 nitrogen and oxygen atoms in total. The molecule has 4 N–H and O–H groups in total. The number of hydrogen-bond donors (Lipinski definition) is 3. The van der Waals surface area contributed by atoms with Gasteiger partial charge in [0, 0.05) is 4.47 Å². The van der Waals surface area contributed by atoms with E-state index in [2.05, 4.69) is 26.6 Å². The topological polar surface area (TPSA) is 84.2 Å². The van der Waals surface area contributed by atoms with Gasteiger partial charge < -0.3 is 16.4 Å². The van der Waals surface area contributed by atoms with Crippen LogP contribution in [0, 0.1) is 0 Å². The van der Waals surface area contributed by atoms with E-state index in [1.54, 1.807) is 0 Å². The highest BCUT2D eigenvalue weighted by Crippen LogP contribution is 2.45. The molecule has 110 valence electrons. The van der Waals surface area contributed by atoms with Crippen molar-refractivity contribution in [2.75, 3.05) is 13.1 Å². The Morgan fingerprint density at radius 2 is 2.00 bits per heavy atom. The first-order valence-corrected chi connectivity index (χ1v) is 6.89. The normalized spacial score (nSPS) is 14.9. The fourth-order valence-electron chi connectivity index (χ4n) is 1.96. The van der Waals surface area contributed by atoms with Gasteiger partial charge in [0.2, 0.25) is 11.8 Å². The number of amides is 2. The molecule has 1 fully saturated rings. The predicted octanol–water partition coefficient (Wildman–Crippen LogP) is 1.05. The Bertz CT molecular complexity index is 506. The third-order valence-electron chi connectivity index (χ3n) is 3.14. The van der Waals surface area contributed by atoms with Gasteiger partial charge >= 0.3 is 0 Å². The summed E-state index contributed by atoms with van der Waals surface area (Å²) in [5.74, 6) is -0.526. The largest absolute Gasteiger partial charge is 0.346 e. The second kappa shape index (κ2) is 7.06. The predicted molar refractivity (Wildman–Crippen MR) is 82.5 cm³/mol. The summed E-state index contributed by atoms with van der Waals surface area (Å²) < 4.78 is 0.988. The van der Waals surface area contributed by atoms with Gasteiger partial charge in [-0.1, -0.05) is 28.1 Å². The number of halogens is 2. The van der Waals surface area contributed by atoms with Crippen LogP contribution >= 0.6 is 28.3 Å². The van der Waals surface area contributed by atoms with Crippen LogP contribution in [0.15, 0.2) is 28.7 Å². The first-order chi connectivity index (χ1) is 9.05. The summed E-state index contributed by atoms with van der Waals surface area (Å²) in [7, 11) is 0. The van der Waals surface area contributed by atoms with Gasteiger partial charge in [0.15, 0.2) is 0 Å². The molecule has 2 amide bonds. The van der Waals surface area contributed by atoms with E-state index < -0.39 is 0 Å². The minimum Gasteiger partial charge on any atom is -0.346 e. The van der Waals surface area contributed by atoms with E-state index in [1.165, 1.54) is 0 Å². The number of nitrogens with one attached hydrogen (secondary N) is 2. The van der Waals surface area contributed by atoms with Crippen LogP contribution in [0.2, 0.25) is 0 Å². The van der Waals surface area contributed by atoms with Crippen molar-refractivity contribution < 1.29 is 9.59 Å². The molecule has 0 saturated heterocycles. The lowest BCUT2D eigenvalue weighted by molar-refractivity contribution is -0.126. The number of carbonyl (C=O) groups is 2. The van der Waals surface area contributed by atoms with E-state index >= 15 is 0 Å². The molecule has 1 aromatic rings. The monoisotopic (exact) mass is 361 g/mol. The fraction of sp³-hybridized carbons (Fsp3) is 0.385. The Labute approximate surface area is 132 Å². The average Bonchev–Trinajstić information content (AvgIpc) is 3.17. The molecule has 0 atom stereocenters. The van der Waals surface area contributed by atoms with E-state index in [0.717, 1.165) is 22.9 Å². The zero-order valence-electron chi connectivity index (χ0n) is 10.8. The molecule has 1 saturated carbocycles. The Morgan fingerprint density at radius 1 is 1.30 bits per heavy atom. The van der Waals surface area contributed by atoms with Crippen molar-refractivity contribution in [3.05, 3.63) is 34.3 Å². The molecular weight excluding hydrogens is 346 g/mol. The van der Waals surface area contributed by atoms with Gasteiger partial charge in [-0.3, -0.25) is 9.59 Å². The lowest BCUT2D eigenvalue weighted by Crippen LogP contribution is -2.43. The number of rotatable bonds is 5. The summed E-state index contributed by atoms with van der Waals surface area (Å²) in [5, 5.41) is 5.44. The van der Waals surface area contributed by atoms with Crippen LogP contribution in [-0.4, -0.2) is 24.9 Å². The number of hydrogen-bond acceptors (Lipinski definition) is 3. The molecule has 1 aliphatic carbocycles. The zero-order valence-corrected chi connectivity index (χ0v) is 13.2. The molecule has 0 heterocycles. The molecule has 7 heteroatoms. The highest BCUT2D eigenvalue weighted by atomic mass is 79.9. The van der Waals surface area contributed by atoms with Crippen molar-refractivity contribution in [3.63, 3.8) is 0 Å². The maximum absolute atomic E-state index is 11.8. The second-order valence-electron chi connectivity index (χ2n) is 4.62. The summed E-state index contributed by atoms with van der Waals surface area (Å²) in [6, 6.07) is 7.90. The molecular formula is C13H17BrClN3O2. The van der Waals surface area contributed by atoms with E-state index in [-0.39, 0.29) is 42.8 Å². The molecule has 0 bridgehead atoms. The lowest BCUT2D eigenvalue weighted by atomic mass is 10.1. The van der Waals surface area contributed by atoms with Gasteiger partial charge in [0.25, 0.3) is 0 Å². The molecule has 1 aromatic carbocycles. The van der Waals surface area contributed by atoms with Crippen LogP contribution in [0.5, 0.6) is 0 Å². The lowest BCUT2D eigenvalue weighted by Gasteiger charge is -2.18. The first kappa shape index (κ1) is 16.9. The van der Waals surface area contributed by atoms with E-state index in [4.69, 9.17) is 5.73 Å². The highest BCUT2D eigenvalue weighted by Gasteiger charge is 2.45. The number of nitrogens with two attached hydrogens (primary N) is 1. The van der Waals surface area contributed by atoms with Crippen LogP contribution in [0.3, 0.4) is 0 Å². The maximum Gasteiger partial charge on any atom is 0.240 e. The van der Waals surface area contributed by atoms with Crippen molar-refractivity contribution in [1.29, 1.82) is 0 Å². The molecule has 0 radical (unpaired) electrons. The summed E-state index contributed by atoms with van der Waals surface area (Å²) in [4.78, 5) is 22.8. The minimum absolute atomic E-state index is 0. The second-order valence-corrected chi connectivity index (χ2v) is 5.54. The van der Waals surface area contributed by atoms with Crippen molar-refractivity contribution in [1.82, 2.24) is 10.6 Å². The molecule has 0 aromatic heterocycles. The van der Waals surface area contributed by atoms with Crippen molar-refractivity contribution in [2.24, 2.45) is 5.73 Å². The van der Waals surface area contributed by atoms with Crippen LogP contribution in [-0.2, 0) is 15.1 Å². The average molecular weight is 363 g/mol. The van der Waals surface area contributed by atoms with Gasteiger partial charge in [-0.15, -0.1) is 12.4 Å². The summed E-state index contributed by atoms with van der Waals surface area (Å²) in [5.41, 5.74) is 5.97. The van der Waals surface area contributed by atoms with Crippen molar-refractivity contribution in [3.8, 4) is 0 Å². The van der Waals surface area contributed by atoms with Gasteiger partial charge in [-0.25, -0.2) is 0 Å². The Morgan fingerprint density at radius 3 is 2.55 bits per heavy atom. The molecule has 2 rings (SSSR count). The third kappa shape index (κ3) is 4.19. The summed E-state index contributed by atoms with van der Waals surface area (Å²) >= 11 is 3.42. The van der Waals surface area contributed by atoms with Crippen molar-refractivity contribution in [2.45, 2.75) is 18.4 Å². The third-order valence-corrected chi connectivity index (χ3v) is 3.63. The minimum atomic E-state index is -0.331.